The second kappa shape index (κ2) is 7.41. The quantitative estimate of drug-likeness (QED) is 0.670. The summed E-state index contributed by atoms with van der Waals surface area (Å²) in [6.07, 6.45) is 4.93. The number of amides is 1. The summed E-state index contributed by atoms with van der Waals surface area (Å²) in [5.41, 5.74) is 1.57. The minimum atomic E-state index is -0.462. The number of para-hydroxylation sites is 1. The molecular weight excluding hydrogens is 320 g/mol. The van der Waals surface area contributed by atoms with Crippen LogP contribution in [0.3, 0.4) is 0 Å². The number of hydrogen-bond acceptors (Lipinski definition) is 5. The smallest absolute Gasteiger partial charge is 0.262 e. The van der Waals surface area contributed by atoms with Crippen molar-refractivity contribution in [2.24, 2.45) is 0 Å². The van der Waals surface area contributed by atoms with E-state index < -0.39 is 5.91 Å². The lowest BCUT2D eigenvalue weighted by Crippen LogP contribution is -2.24. The molecule has 2 heterocycles. The van der Waals surface area contributed by atoms with Crippen molar-refractivity contribution in [3.63, 3.8) is 0 Å². The SMILES string of the molecule is COc1cccc2c1OCC(/C=C(/C#N)C(=O)NCc1ccco1)=C2. The van der Waals surface area contributed by atoms with E-state index in [0.29, 0.717) is 17.3 Å². The maximum atomic E-state index is 12.2. The Morgan fingerprint density at radius 2 is 2.28 bits per heavy atom. The number of fused-ring (bicyclic) bond motifs is 1. The van der Waals surface area contributed by atoms with Crippen LogP contribution in [-0.4, -0.2) is 19.6 Å². The highest BCUT2D eigenvalue weighted by Gasteiger charge is 2.17. The van der Waals surface area contributed by atoms with Gasteiger partial charge in [0.05, 0.1) is 19.9 Å². The van der Waals surface area contributed by atoms with Crippen molar-refractivity contribution in [1.82, 2.24) is 5.32 Å². The third-order valence-corrected chi connectivity index (χ3v) is 3.65. The van der Waals surface area contributed by atoms with Crippen LogP contribution in [0, 0.1) is 11.3 Å². The standard InChI is InChI=1S/C19H16N2O4/c1-23-17-6-2-4-14-8-13(12-25-18(14)17)9-15(10-20)19(22)21-11-16-5-3-7-24-16/h2-9H,11-12H2,1H3,(H,21,22)/b15-9-. The highest BCUT2D eigenvalue weighted by molar-refractivity contribution is 5.98. The van der Waals surface area contributed by atoms with Crippen LogP contribution in [0.1, 0.15) is 11.3 Å². The molecule has 1 aliphatic heterocycles. The number of nitrogens with zero attached hydrogens (tertiary/aromatic N) is 1. The summed E-state index contributed by atoms with van der Waals surface area (Å²) in [4.78, 5) is 12.2. The molecule has 0 radical (unpaired) electrons. The topological polar surface area (TPSA) is 84.5 Å². The Bertz CT molecular complexity index is 873. The summed E-state index contributed by atoms with van der Waals surface area (Å²) in [5.74, 6) is 1.46. The Hall–Kier alpha value is -3.46. The first-order valence-corrected chi connectivity index (χ1v) is 7.64. The molecule has 0 bridgehead atoms. The van der Waals surface area contributed by atoms with Crippen molar-refractivity contribution < 1.29 is 18.7 Å². The fourth-order valence-corrected chi connectivity index (χ4v) is 2.45. The van der Waals surface area contributed by atoms with Gasteiger partial charge in [0, 0.05) is 5.56 Å². The van der Waals surface area contributed by atoms with Gasteiger partial charge in [-0.15, -0.1) is 0 Å². The molecule has 1 N–H and O–H groups in total. The number of carbonyl (C=O) groups excluding carboxylic acids is 1. The first-order valence-electron chi connectivity index (χ1n) is 7.64. The Morgan fingerprint density at radius 3 is 3.00 bits per heavy atom. The van der Waals surface area contributed by atoms with Crippen molar-refractivity contribution in [2.75, 3.05) is 13.7 Å². The third-order valence-electron chi connectivity index (χ3n) is 3.65. The van der Waals surface area contributed by atoms with E-state index in [2.05, 4.69) is 5.32 Å². The second-order valence-electron chi connectivity index (χ2n) is 5.32. The van der Waals surface area contributed by atoms with Gasteiger partial charge in [0.25, 0.3) is 5.91 Å². The Labute approximate surface area is 145 Å². The predicted molar refractivity (Wildman–Crippen MR) is 90.7 cm³/mol. The van der Waals surface area contributed by atoms with Gasteiger partial charge in [-0.2, -0.15) is 5.26 Å². The molecule has 3 rings (SSSR count). The normalized spacial score (nSPS) is 13.1. The minimum absolute atomic E-state index is 0.00718. The molecule has 6 heteroatoms. The summed E-state index contributed by atoms with van der Waals surface area (Å²) < 4.78 is 16.1. The van der Waals surface area contributed by atoms with Gasteiger partial charge in [0.15, 0.2) is 11.5 Å². The van der Waals surface area contributed by atoms with Crippen LogP contribution in [0.2, 0.25) is 0 Å². The van der Waals surface area contributed by atoms with Crippen LogP contribution in [-0.2, 0) is 11.3 Å². The number of methoxy groups -OCH3 is 1. The van der Waals surface area contributed by atoms with Crippen LogP contribution >= 0.6 is 0 Å². The van der Waals surface area contributed by atoms with E-state index in [-0.39, 0.29) is 18.7 Å². The molecule has 1 aromatic carbocycles. The molecule has 0 saturated heterocycles. The zero-order chi connectivity index (χ0) is 17.6. The van der Waals surface area contributed by atoms with Gasteiger partial charge < -0.3 is 19.2 Å². The van der Waals surface area contributed by atoms with E-state index >= 15 is 0 Å². The van der Waals surface area contributed by atoms with E-state index in [4.69, 9.17) is 13.9 Å². The highest BCUT2D eigenvalue weighted by Crippen LogP contribution is 2.35. The summed E-state index contributed by atoms with van der Waals surface area (Å²) in [6, 6.07) is 11.0. The average Bonchev–Trinajstić information content (AvgIpc) is 3.17. The number of furan rings is 1. The largest absolute Gasteiger partial charge is 0.493 e. The summed E-state index contributed by atoms with van der Waals surface area (Å²) in [5, 5.41) is 11.9. The molecule has 6 nitrogen and oxygen atoms in total. The lowest BCUT2D eigenvalue weighted by atomic mass is 10.0. The molecule has 1 amide bonds. The van der Waals surface area contributed by atoms with Crippen molar-refractivity contribution in [2.45, 2.75) is 6.54 Å². The van der Waals surface area contributed by atoms with Crippen molar-refractivity contribution >= 4 is 12.0 Å². The zero-order valence-electron chi connectivity index (χ0n) is 13.6. The Balaban J connectivity index is 1.76. The molecule has 25 heavy (non-hydrogen) atoms. The van der Waals surface area contributed by atoms with Crippen LogP contribution in [0.25, 0.3) is 6.08 Å². The number of benzene rings is 1. The van der Waals surface area contributed by atoms with Crippen molar-refractivity contribution in [1.29, 1.82) is 5.26 Å². The van der Waals surface area contributed by atoms with E-state index in [1.807, 2.05) is 30.3 Å². The highest BCUT2D eigenvalue weighted by atomic mass is 16.5. The molecule has 0 aliphatic carbocycles. The number of hydrogen-bond donors (Lipinski definition) is 1. The predicted octanol–water partition coefficient (Wildman–Crippen LogP) is 2.83. The van der Waals surface area contributed by atoms with Crippen LogP contribution < -0.4 is 14.8 Å². The molecule has 2 aromatic rings. The summed E-state index contributed by atoms with van der Waals surface area (Å²) in [6.45, 7) is 0.477. The van der Waals surface area contributed by atoms with E-state index in [1.54, 1.807) is 19.2 Å². The molecule has 126 valence electrons. The number of nitrogens with one attached hydrogen (secondary N) is 1. The lowest BCUT2D eigenvalue weighted by Gasteiger charge is -2.18. The molecule has 0 unspecified atom stereocenters. The van der Waals surface area contributed by atoms with Crippen molar-refractivity contribution in [3.8, 4) is 17.6 Å². The molecule has 0 fully saturated rings. The maximum absolute atomic E-state index is 12.2. The second-order valence-corrected chi connectivity index (χ2v) is 5.32. The van der Waals surface area contributed by atoms with Gasteiger partial charge in [0.1, 0.15) is 24.0 Å². The molecule has 1 aromatic heterocycles. The van der Waals surface area contributed by atoms with Gasteiger partial charge in [-0.1, -0.05) is 12.1 Å². The minimum Gasteiger partial charge on any atom is -0.493 e. The van der Waals surface area contributed by atoms with Gasteiger partial charge in [-0.05, 0) is 35.9 Å². The molecule has 0 saturated carbocycles. The number of rotatable bonds is 5. The molecular formula is C19H16N2O4. The third kappa shape index (κ3) is 3.72. The summed E-state index contributed by atoms with van der Waals surface area (Å²) in [7, 11) is 1.58. The number of nitriles is 1. The van der Waals surface area contributed by atoms with Gasteiger partial charge in [-0.25, -0.2) is 0 Å². The van der Waals surface area contributed by atoms with E-state index in [9.17, 15) is 10.1 Å². The van der Waals surface area contributed by atoms with Gasteiger partial charge >= 0.3 is 0 Å². The lowest BCUT2D eigenvalue weighted by molar-refractivity contribution is -0.117. The van der Waals surface area contributed by atoms with Crippen molar-refractivity contribution in [3.05, 3.63) is 65.1 Å². The monoisotopic (exact) mass is 336 g/mol. The Kier molecular flexibility index (Phi) is 4.86. The van der Waals surface area contributed by atoms with E-state index in [0.717, 1.165) is 11.1 Å². The number of carbonyl (C=O) groups is 1. The maximum Gasteiger partial charge on any atom is 0.262 e. The van der Waals surface area contributed by atoms with Crippen LogP contribution in [0.5, 0.6) is 11.5 Å². The van der Waals surface area contributed by atoms with Crippen LogP contribution in [0.4, 0.5) is 0 Å². The fraction of sp³-hybridized carbons (Fsp3) is 0.158. The first kappa shape index (κ1) is 16.4. The molecule has 0 atom stereocenters. The van der Waals surface area contributed by atoms with Gasteiger partial charge in [-0.3, -0.25) is 4.79 Å². The zero-order valence-corrected chi connectivity index (χ0v) is 13.6. The first-order chi connectivity index (χ1) is 12.2. The molecule has 0 spiro atoms. The van der Waals surface area contributed by atoms with Gasteiger partial charge in [0.2, 0.25) is 0 Å². The Morgan fingerprint density at radius 1 is 1.40 bits per heavy atom. The fourth-order valence-electron chi connectivity index (χ4n) is 2.45. The van der Waals surface area contributed by atoms with Crippen LogP contribution in [0.15, 0.2) is 58.2 Å². The summed E-state index contributed by atoms with van der Waals surface area (Å²) >= 11 is 0. The van der Waals surface area contributed by atoms with E-state index in [1.165, 1.54) is 12.3 Å². The number of ether oxygens (including phenoxy) is 2. The molecule has 1 aliphatic rings. The average molecular weight is 336 g/mol.